The molecule has 1 atom stereocenters. The Morgan fingerprint density at radius 1 is 1.09 bits per heavy atom. The molecular weight excluding hydrogens is 424 g/mol. The van der Waals surface area contributed by atoms with Crippen molar-refractivity contribution in [2.75, 3.05) is 11.9 Å². The van der Waals surface area contributed by atoms with Crippen molar-refractivity contribution in [3.8, 4) is 16.9 Å². The first-order valence-corrected chi connectivity index (χ1v) is 12.2. The summed E-state index contributed by atoms with van der Waals surface area (Å²) in [6, 6.07) is 22.3. The van der Waals surface area contributed by atoms with Crippen LogP contribution < -0.4 is 15.8 Å². The fraction of sp³-hybridized carbons (Fsp3) is 0.345. The molecule has 1 aliphatic carbocycles. The van der Waals surface area contributed by atoms with Crippen molar-refractivity contribution in [1.82, 2.24) is 0 Å². The SMILES string of the molecule is CCCC(N)c1cccc(-c2cc(COc3ccccc3CC(=O)O)cc(NCC3CC3)c2)c1. The molecule has 0 heterocycles. The van der Waals surface area contributed by atoms with E-state index in [0.717, 1.165) is 53.2 Å². The number of carbonyl (C=O) groups is 1. The lowest BCUT2D eigenvalue weighted by Gasteiger charge is -2.16. The van der Waals surface area contributed by atoms with E-state index in [-0.39, 0.29) is 12.5 Å². The van der Waals surface area contributed by atoms with Gasteiger partial charge in [-0.2, -0.15) is 0 Å². The fourth-order valence-electron chi connectivity index (χ4n) is 4.17. The van der Waals surface area contributed by atoms with Crippen molar-refractivity contribution in [1.29, 1.82) is 0 Å². The molecule has 0 radical (unpaired) electrons. The highest BCUT2D eigenvalue weighted by Crippen LogP contribution is 2.32. The van der Waals surface area contributed by atoms with E-state index in [1.54, 1.807) is 6.07 Å². The minimum atomic E-state index is -0.870. The van der Waals surface area contributed by atoms with Gasteiger partial charge in [0.25, 0.3) is 0 Å². The average molecular weight is 459 g/mol. The molecule has 4 rings (SSSR count). The topological polar surface area (TPSA) is 84.6 Å². The number of carboxylic acid groups (broad SMARTS) is 1. The normalized spacial score (nSPS) is 13.9. The molecule has 1 aliphatic rings. The molecule has 178 valence electrons. The van der Waals surface area contributed by atoms with Crippen LogP contribution in [0.1, 0.15) is 55.3 Å². The minimum Gasteiger partial charge on any atom is -0.489 e. The van der Waals surface area contributed by atoms with E-state index in [4.69, 9.17) is 10.5 Å². The summed E-state index contributed by atoms with van der Waals surface area (Å²) in [6.07, 6.45) is 4.54. The molecule has 0 bridgehead atoms. The second kappa shape index (κ2) is 11.2. The standard InChI is InChI=1S/C29H34N2O3/c1-2-6-27(30)23-9-5-8-22(15-23)25-13-21(14-26(16-25)31-18-20-11-12-20)19-34-28-10-4-3-7-24(28)17-29(32)33/h3-5,7-10,13-16,20,27,31H,2,6,11-12,17-19,30H2,1H3,(H,32,33). The summed E-state index contributed by atoms with van der Waals surface area (Å²) in [5.41, 5.74) is 12.6. The van der Waals surface area contributed by atoms with E-state index in [1.807, 2.05) is 18.2 Å². The van der Waals surface area contributed by atoms with Crippen molar-refractivity contribution < 1.29 is 14.6 Å². The molecule has 0 aromatic heterocycles. The number of benzene rings is 3. The first-order chi connectivity index (χ1) is 16.5. The maximum Gasteiger partial charge on any atom is 0.307 e. The van der Waals surface area contributed by atoms with Crippen LogP contribution in [0.25, 0.3) is 11.1 Å². The summed E-state index contributed by atoms with van der Waals surface area (Å²) in [6.45, 7) is 3.49. The van der Waals surface area contributed by atoms with Gasteiger partial charge in [0, 0.05) is 23.8 Å². The first-order valence-electron chi connectivity index (χ1n) is 12.2. The lowest BCUT2D eigenvalue weighted by atomic mass is 9.96. The van der Waals surface area contributed by atoms with E-state index in [9.17, 15) is 9.90 Å². The third-order valence-corrected chi connectivity index (χ3v) is 6.24. The van der Waals surface area contributed by atoms with Crippen LogP contribution in [-0.2, 0) is 17.8 Å². The van der Waals surface area contributed by atoms with E-state index < -0.39 is 5.97 Å². The maximum atomic E-state index is 11.2. The predicted octanol–water partition coefficient (Wildman–Crippen LogP) is 6.18. The van der Waals surface area contributed by atoms with Crippen LogP contribution >= 0.6 is 0 Å². The Bertz CT molecular complexity index is 1120. The third-order valence-electron chi connectivity index (χ3n) is 6.24. The second-order valence-corrected chi connectivity index (χ2v) is 9.23. The Labute approximate surface area is 202 Å². The molecule has 34 heavy (non-hydrogen) atoms. The number of hydrogen-bond acceptors (Lipinski definition) is 4. The molecular formula is C29H34N2O3. The molecule has 3 aromatic rings. The number of hydrogen-bond donors (Lipinski definition) is 3. The number of nitrogens with one attached hydrogen (secondary N) is 1. The van der Waals surface area contributed by atoms with Gasteiger partial charge in [-0.1, -0.05) is 49.7 Å². The highest BCUT2D eigenvalue weighted by molar-refractivity contribution is 5.71. The van der Waals surface area contributed by atoms with Gasteiger partial charge in [-0.15, -0.1) is 0 Å². The predicted molar refractivity (Wildman–Crippen MR) is 137 cm³/mol. The van der Waals surface area contributed by atoms with Crippen molar-refractivity contribution >= 4 is 11.7 Å². The summed E-state index contributed by atoms with van der Waals surface area (Å²) < 4.78 is 6.09. The number of carboxylic acids is 1. The Morgan fingerprint density at radius 2 is 1.91 bits per heavy atom. The molecule has 0 spiro atoms. The van der Waals surface area contributed by atoms with Gasteiger partial charge in [0.05, 0.1) is 6.42 Å². The van der Waals surface area contributed by atoms with Gasteiger partial charge in [-0.25, -0.2) is 0 Å². The molecule has 0 saturated heterocycles. The largest absolute Gasteiger partial charge is 0.489 e. The summed E-state index contributed by atoms with van der Waals surface area (Å²) in [7, 11) is 0. The second-order valence-electron chi connectivity index (χ2n) is 9.23. The summed E-state index contributed by atoms with van der Waals surface area (Å²) in [5, 5.41) is 12.8. The summed E-state index contributed by atoms with van der Waals surface area (Å²) in [4.78, 5) is 11.2. The monoisotopic (exact) mass is 458 g/mol. The number of aliphatic carboxylic acids is 1. The van der Waals surface area contributed by atoms with Gasteiger partial charge in [-0.05, 0) is 77.8 Å². The van der Waals surface area contributed by atoms with E-state index >= 15 is 0 Å². The Kier molecular flexibility index (Phi) is 7.86. The van der Waals surface area contributed by atoms with Gasteiger partial charge >= 0.3 is 5.97 Å². The van der Waals surface area contributed by atoms with Crippen molar-refractivity contribution in [2.24, 2.45) is 11.7 Å². The minimum absolute atomic E-state index is 0.0367. The smallest absolute Gasteiger partial charge is 0.307 e. The lowest BCUT2D eigenvalue weighted by Crippen LogP contribution is -2.09. The molecule has 5 nitrogen and oxygen atoms in total. The molecule has 1 fully saturated rings. The van der Waals surface area contributed by atoms with Crippen molar-refractivity contribution in [3.63, 3.8) is 0 Å². The Morgan fingerprint density at radius 3 is 2.68 bits per heavy atom. The number of ether oxygens (including phenoxy) is 1. The Hall–Kier alpha value is -3.31. The number of anilines is 1. The van der Waals surface area contributed by atoms with Crippen molar-refractivity contribution in [3.05, 3.63) is 83.4 Å². The van der Waals surface area contributed by atoms with Gasteiger partial charge in [0.15, 0.2) is 0 Å². The number of para-hydroxylation sites is 1. The molecule has 4 N–H and O–H groups in total. The molecule has 0 amide bonds. The summed E-state index contributed by atoms with van der Waals surface area (Å²) >= 11 is 0. The molecule has 0 aliphatic heterocycles. The third kappa shape index (κ3) is 6.61. The van der Waals surface area contributed by atoms with Crippen LogP contribution in [-0.4, -0.2) is 17.6 Å². The highest BCUT2D eigenvalue weighted by Gasteiger charge is 2.20. The van der Waals surface area contributed by atoms with Gasteiger partial charge in [-0.3, -0.25) is 4.79 Å². The zero-order valence-electron chi connectivity index (χ0n) is 19.8. The number of rotatable bonds is 12. The van der Waals surface area contributed by atoms with Crippen LogP contribution in [0, 0.1) is 5.92 Å². The summed E-state index contributed by atoms with van der Waals surface area (Å²) in [5.74, 6) is 0.503. The number of nitrogens with two attached hydrogens (primary N) is 1. The van der Waals surface area contributed by atoms with Crippen LogP contribution in [0.5, 0.6) is 5.75 Å². The molecule has 1 unspecified atom stereocenters. The Balaban J connectivity index is 1.59. The van der Waals surface area contributed by atoms with Crippen LogP contribution in [0.3, 0.4) is 0 Å². The van der Waals surface area contributed by atoms with Gasteiger partial charge in [0.1, 0.15) is 12.4 Å². The maximum absolute atomic E-state index is 11.2. The lowest BCUT2D eigenvalue weighted by molar-refractivity contribution is -0.136. The van der Waals surface area contributed by atoms with Crippen LogP contribution in [0.15, 0.2) is 66.7 Å². The quantitative estimate of drug-likeness (QED) is 0.302. The van der Waals surface area contributed by atoms with Crippen molar-refractivity contribution in [2.45, 2.75) is 51.7 Å². The van der Waals surface area contributed by atoms with E-state index in [2.05, 4.69) is 54.7 Å². The molecule has 1 saturated carbocycles. The molecule has 5 heteroatoms. The van der Waals surface area contributed by atoms with Crippen LogP contribution in [0.2, 0.25) is 0 Å². The van der Waals surface area contributed by atoms with E-state index in [1.165, 1.54) is 12.8 Å². The van der Waals surface area contributed by atoms with E-state index in [0.29, 0.717) is 17.9 Å². The first kappa shape index (κ1) is 23.8. The highest BCUT2D eigenvalue weighted by atomic mass is 16.5. The van der Waals surface area contributed by atoms with Gasteiger partial charge in [0.2, 0.25) is 0 Å². The fourth-order valence-corrected chi connectivity index (χ4v) is 4.17. The zero-order chi connectivity index (χ0) is 23.9. The van der Waals surface area contributed by atoms with Crippen LogP contribution in [0.4, 0.5) is 5.69 Å². The average Bonchev–Trinajstić information content (AvgIpc) is 3.67. The van der Waals surface area contributed by atoms with Gasteiger partial charge < -0.3 is 20.9 Å². The molecule has 3 aromatic carbocycles. The zero-order valence-corrected chi connectivity index (χ0v) is 19.8.